The van der Waals surface area contributed by atoms with Crippen molar-refractivity contribution >= 4 is 15.9 Å². The quantitative estimate of drug-likeness (QED) is 0.759. The minimum atomic E-state index is -0.203. The number of allylic oxidation sites excluding steroid dienone is 1. The summed E-state index contributed by atoms with van der Waals surface area (Å²) < 4.78 is 13.9. The molecule has 0 radical (unpaired) electrons. The van der Waals surface area contributed by atoms with Gasteiger partial charge in [0.25, 0.3) is 0 Å². The van der Waals surface area contributed by atoms with Crippen LogP contribution in [0.4, 0.5) is 4.39 Å². The number of halogens is 2. The van der Waals surface area contributed by atoms with Gasteiger partial charge in [0.1, 0.15) is 5.82 Å². The lowest BCUT2D eigenvalue weighted by atomic mass is 9.91. The molecule has 1 aliphatic carbocycles. The van der Waals surface area contributed by atoms with Crippen LogP contribution in [0.2, 0.25) is 0 Å². The molecule has 1 nitrogen and oxygen atoms in total. The van der Waals surface area contributed by atoms with E-state index in [9.17, 15) is 4.39 Å². The van der Waals surface area contributed by atoms with Crippen LogP contribution in [-0.4, -0.2) is 7.05 Å². The van der Waals surface area contributed by atoms with Crippen molar-refractivity contribution < 1.29 is 4.39 Å². The third-order valence-electron chi connectivity index (χ3n) is 3.76. The van der Waals surface area contributed by atoms with Crippen molar-refractivity contribution in [1.29, 1.82) is 0 Å². The molecule has 1 atom stereocenters. The molecule has 0 fully saturated rings. The molecule has 0 heterocycles. The highest BCUT2D eigenvalue weighted by atomic mass is 79.9. The second-order valence-electron chi connectivity index (χ2n) is 5.13. The third kappa shape index (κ3) is 3.90. The molecular formula is C16H21BrFN. The Morgan fingerprint density at radius 3 is 2.74 bits per heavy atom. The van der Waals surface area contributed by atoms with Gasteiger partial charge in [-0.1, -0.05) is 30.6 Å². The van der Waals surface area contributed by atoms with Crippen molar-refractivity contribution in [2.45, 2.75) is 44.6 Å². The number of likely N-dealkylation sites (N-methyl/N-ethyl adjacent to an activating group) is 1. The molecule has 1 aromatic carbocycles. The minimum absolute atomic E-state index is 0.203. The second-order valence-corrected chi connectivity index (χ2v) is 5.98. The van der Waals surface area contributed by atoms with Gasteiger partial charge in [0.05, 0.1) is 10.5 Å². The van der Waals surface area contributed by atoms with Gasteiger partial charge in [0, 0.05) is 0 Å². The highest BCUT2D eigenvalue weighted by molar-refractivity contribution is 9.10. The maximum absolute atomic E-state index is 13.3. The van der Waals surface area contributed by atoms with E-state index in [0.717, 1.165) is 18.4 Å². The summed E-state index contributed by atoms with van der Waals surface area (Å²) in [6, 6.07) is 5.50. The SMILES string of the molecule is CNC(/C1=C/CCCCCC1)c1ccc(F)c(Br)c1. The number of benzene rings is 1. The van der Waals surface area contributed by atoms with Crippen molar-refractivity contribution in [3.63, 3.8) is 0 Å². The largest absolute Gasteiger partial charge is 0.310 e. The highest BCUT2D eigenvalue weighted by Gasteiger charge is 2.16. The van der Waals surface area contributed by atoms with E-state index in [1.165, 1.54) is 37.3 Å². The Kier molecular flexibility index (Phi) is 5.59. The Bertz CT molecular complexity index is 456. The van der Waals surface area contributed by atoms with Gasteiger partial charge in [0.15, 0.2) is 0 Å². The molecule has 2 rings (SSSR count). The van der Waals surface area contributed by atoms with E-state index in [0.29, 0.717) is 4.47 Å². The van der Waals surface area contributed by atoms with E-state index >= 15 is 0 Å². The Hall–Kier alpha value is -0.670. The molecule has 0 spiro atoms. The first-order valence-corrected chi connectivity index (χ1v) is 7.83. The first-order valence-electron chi connectivity index (χ1n) is 7.03. The zero-order valence-electron chi connectivity index (χ0n) is 11.4. The van der Waals surface area contributed by atoms with Crippen LogP contribution in [0.25, 0.3) is 0 Å². The summed E-state index contributed by atoms with van der Waals surface area (Å²) in [4.78, 5) is 0. The molecule has 1 unspecified atom stereocenters. The van der Waals surface area contributed by atoms with E-state index in [-0.39, 0.29) is 11.9 Å². The number of rotatable bonds is 3. The molecule has 3 heteroatoms. The Morgan fingerprint density at radius 2 is 2.00 bits per heavy atom. The Labute approximate surface area is 123 Å². The van der Waals surface area contributed by atoms with Crippen molar-refractivity contribution in [3.05, 3.63) is 45.7 Å². The molecule has 1 aliphatic rings. The summed E-state index contributed by atoms with van der Waals surface area (Å²) >= 11 is 3.27. The van der Waals surface area contributed by atoms with Crippen LogP contribution in [0.1, 0.15) is 50.1 Å². The van der Waals surface area contributed by atoms with E-state index in [2.05, 4.69) is 27.3 Å². The minimum Gasteiger partial charge on any atom is -0.310 e. The molecular weight excluding hydrogens is 305 g/mol. The maximum Gasteiger partial charge on any atom is 0.137 e. The summed E-state index contributed by atoms with van der Waals surface area (Å²) in [5.74, 6) is -0.203. The predicted octanol–water partition coefficient (Wildman–Crippen LogP) is 5.13. The number of hydrogen-bond acceptors (Lipinski definition) is 1. The fraction of sp³-hybridized carbons (Fsp3) is 0.500. The first-order chi connectivity index (χ1) is 9.22. The molecule has 0 saturated carbocycles. The van der Waals surface area contributed by atoms with Crippen LogP contribution in [-0.2, 0) is 0 Å². The number of hydrogen-bond donors (Lipinski definition) is 1. The molecule has 0 aromatic heterocycles. The van der Waals surface area contributed by atoms with Crippen LogP contribution in [0, 0.1) is 5.82 Å². The zero-order valence-corrected chi connectivity index (χ0v) is 13.0. The van der Waals surface area contributed by atoms with Gasteiger partial charge in [-0.15, -0.1) is 0 Å². The maximum atomic E-state index is 13.3. The van der Waals surface area contributed by atoms with Gasteiger partial charge in [0.2, 0.25) is 0 Å². The van der Waals surface area contributed by atoms with Crippen LogP contribution in [0.3, 0.4) is 0 Å². The molecule has 1 aromatic rings. The topological polar surface area (TPSA) is 12.0 Å². The molecule has 104 valence electrons. The summed E-state index contributed by atoms with van der Waals surface area (Å²) in [6.45, 7) is 0. The van der Waals surface area contributed by atoms with Gasteiger partial charge >= 0.3 is 0 Å². The third-order valence-corrected chi connectivity index (χ3v) is 4.37. The lowest BCUT2D eigenvalue weighted by Gasteiger charge is -2.22. The van der Waals surface area contributed by atoms with E-state index < -0.39 is 0 Å². The lowest BCUT2D eigenvalue weighted by Crippen LogP contribution is -2.19. The van der Waals surface area contributed by atoms with Crippen LogP contribution in [0.5, 0.6) is 0 Å². The van der Waals surface area contributed by atoms with E-state index in [1.807, 2.05) is 19.2 Å². The lowest BCUT2D eigenvalue weighted by molar-refractivity contribution is 0.571. The molecule has 19 heavy (non-hydrogen) atoms. The van der Waals surface area contributed by atoms with Crippen LogP contribution < -0.4 is 5.32 Å². The average molecular weight is 326 g/mol. The van der Waals surface area contributed by atoms with Gasteiger partial charge in [-0.3, -0.25) is 0 Å². The van der Waals surface area contributed by atoms with E-state index in [4.69, 9.17) is 0 Å². The second kappa shape index (κ2) is 7.20. The van der Waals surface area contributed by atoms with Crippen LogP contribution in [0.15, 0.2) is 34.3 Å². The average Bonchev–Trinajstić information content (AvgIpc) is 2.36. The van der Waals surface area contributed by atoms with Gasteiger partial charge in [-0.2, -0.15) is 0 Å². The Balaban J connectivity index is 2.24. The van der Waals surface area contributed by atoms with Gasteiger partial charge < -0.3 is 5.32 Å². The van der Waals surface area contributed by atoms with Crippen molar-refractivity contribution in [2.75, 3.05) is 7.05 Å². The molecule has 0 aliphatic heterocycles. The zero-order chi connectivity index (χ0) is 13.7. The normalized spacial score (nSPS) is 21.1. The first kappa shape index (κ1) is 14.7. The summed E-state index contributed by atoms with van der Waals surface area (Å²) in [5.41, 5.74) is 2.57. The molecule has 0 amide bonds. The van der Waals surface area contributed by atoms with Crippen molar-refractivity contribution in [1.82, 2.24) is 5.32 Å². The fourth-order valence-electron chi connectivity index (χ4n) is 2.74. The van der Waals surface area contributed by atoms with E-state index in [1.54, 1.807) is 0 Å². The predicted molar refractivity (Wildman–Crippen MR) is 81.7 cm³/mol. The van der Waals surface area contributed by atoms with Crippen LogP contribution >= 0.6 is 15.9 Å². The molecule has 0 saturated heterocycles. The van der Waals surface area contributed by atoms with Crippen molar-refractivity contribution in [3.8, 4) is 0 Å². The monoisotopic (exact) mass is 325 g/mol. The van der Waals surface area contributed by atoms with Crippen molar-refractivity contribution in [2.24, 2.45) is 0 Å². The summed E-state index contributed by atoms with van der Waals surface area (Å²) in [7, 11) is 1.97. The summed E-state index contributed by atoms with van der Waals surface area (Å²) in [5, 5.41) is 3.37. The molecule has 1 N–H and O–H groups in total. The number of nitrogens with one attached hydrogen (secondary N) is 1. The smallest absolute Gasteiger partial charge is 0.137 e. The fourth-order valence-corrected chi connectivity index (χ4v) is 3.13. The standard InChI is InChI=1S/C16H21BrFN/c1-19-16(12-7-5-3-2-4-6-8-12)13-9-10-15(18)14(17)11-13/h7,9-11,16,19H,2-6,8H2,1H3/b12-7+. The van der Waals surface area contributed by atoms with Gasteiger partial charge in [-0.25, -0.2) is 4.39 Å². The Morgan fingerprint density at radius 1 is 1.21 bits per heavy atom. The highest BCUT2D eigenvalue weighted by Crippen LogP contribution is 2.30. The summed E-state index contributed by atoms with van der Waals surface area (Å²) in [6.07, 6.45) is 9.88. The van der Waals surface area contributed by atoms with Gasteiger partial charge in [-0.05, 0) is 66.4 Å². The molecule has 0 bridgehead atoms.